The van der Waals surface area contributed by atoms with Crippen LogP contribution in [0.15, 0.2) is 24.3 Å². The van der Waals surface area contributed by atoms with Crippen molar-refractivity contribution in [3.05, 3.63) is 29.3 Å². The van der Waals surface area contributed by atoms with E-state index >= 15 is 0 Å². The number of para-hydroxylation sites is 1. The standard InChI is InChI=1S/C13H17ClN2O3S/c1-16(10-6-7-20(18,19)9-10)13(17)8-15-12-5-3-2-4-11(12)14/h2-5,10,15H,6-9H2,1H3/t10-/m1/s1. The SMILES string of the molecule is CN(C(=O)CNc1ccccc1Cl)[C@@H]1CCS(=O)(=O)C1. The van der Waals surface area contributed by atoms with Crippen LogP contribution in [0.25, 0.3) is 0 Å². The lowest BCUT2D eigenvalue weighted by Crippen LogP contribution is -2.40. The zero-order valence-corrected chi connectivity index (χ0v) is 12.7. The predicted molar refractivity (Wildman–Crippen MR) is 79.8 cm³/mol. The van der Waals surface area contributed by atoms with Gasteiger partial charge in [-0.3, -0.25) is 4.79 Å². The molecule has 1 aromatic carbocycles. The van der Waals surface area contributed by atoms with Gasteiger partial charge >= 0.3 is 0 Å². The summed E-state index contributed by atoms with van der Waals surface area (Å²) in [6.07, 6.45) is 0.511. The predicted octanol–water partition coefficient (Wildman–Crippen LogP) is 1.40. The van der Waals surface area contributed by atoms with Crippen LogP contribution in [0.2, 0.25) is 5.02 Å². The molecule has 20 heavy (non-hydrogen) atoms. The van der Waals surface area contributed by atoms with Crippen LogP contribution < -0.4 is 5.32 Å². The fraction of sp³-hybridized carbons (Fsp3) is 0.462. The number of hydrogen-bond donors (Lipinski definition) is 1. The highest BCUT2D eigenvalue weighted by atomic mass is 35.5. The Bertz CT molecular complexity index is 603. The van der Waals surface area contributed by atoms with Crippen LogP contribution in [0.5, 0.6) is 0 Å². The lowest BCUT2D eigenvalue weighted by Gasteiger charge is -2.23. The molecule has 1 aliphatic rings. The van der Waals surface area contributed by atoms with Gasteiger partial charge in [-0.2, -0.15) is 0 Å². The van der Waals surface area contributed by atoms with Gasteiger partial charge in [0.2, 0.25) is 5.91 Å². The van der Waals surface area contributed by atoms with Crippen molar-refractivity contribution in [2.75, 3.05) is 30.4 Å². The molecule has 2 rings (SSSR count). The van der Waals surface area contributed by atoms with E-state index in [0.717, 1.165) is 0 Å². The molecule has 7 heteroatoms. The van der Waals surface area contributed by atoms with Gasteiger partial charge in [-0.25, -0.2) is 8.42 Å². The van der Waals surface area contributed by atoms with Crippen LogP contribution in [-0.2, 0) is 14.6 Å². The maximum atomic E-state index is 12.1. The zero-order chi connectivity index (χ0) is 14.8. The maximum absolute atomic E-state index is 12.1. The Morgan fingerprint density at radius 2 is 2.15 bits per heavy atom. The first kappa shape index (κ1) is 15.1. The van der Waals surface area contributed by atoms with Gasteiger partial charge in [0.05, 0.1) is 28.8 Å². The van der Waals surface area contributed by atoms with Gasteiger partial charge in [-0.05, 0) is 18.6 Å². The summed E-state index contributed by atoms with van der Waals surface area (Å²) in [5.41, 5.74) is 0.690. The number of benzene rings is 1. The summed E-state index contributed by atoms with van der Waals surface area (Å²) in [5.74, 6) is 0.0705. The lowest BCUT2D eigenvalue weighted by molar-refractivity contribution is -0.129. The van der Waals surface area contributed by atoms with E-state index in [1.807, 2.05) is 12.1 Å². The lowest BCUT2D eigenvalue weighted by atomic mass is 10.2. The summed E-state index contributed by atoms with van der Waals surface area (Å²) in [6.45, 7) is 0.0940. The molecule has 1 aliphatic heterocycles. The topological polar surface area (TPSA) is 66.5 Å². The molecule has 1 aromatic rings. The number of anilines is 1. The number of rotatable bonds is 4. The first-order valence-corrected chi connectivity index (χ1v) is 8.53. The van der Waals surface area contributed by atoms with Crippen LogP contribution in [-0.4, -0.2) is 50.4 Å². The van der Waals surface area contributed by atoms with E-state index in [1.54, 1.807) is 19.2 Å². The molecule has 0 radical (unpaired) electrons. The van der Waals surface area contributed by atoms with Gasteiger partial charge in [0.15, 0.2) is 9.84 Å². The Labute approximate surface area is 123 Å². The minimum Gasteiger partial charge on any atom is -0.375 e. The molecule has 1 saturated heterocycles. The second-order valence-electron chi connectivity index (χ2n) is 4.89. The largest absolute Gasteiger partial charge is 0.375 e. The third-order valence-electron chi connectivity index (χ3n) is 3.45. The fourth-order valence-electron chi connectivity index (χ4n) is 2.18. The molecular weight excluding hydrogens is 300 g/mol. The highest BCUT2D eigenvalue weighted by molar-refractivity contribution is 7.91. The molecule has 1 amide bonds. The molecule has 1 atom stereocenters. The molecule has 0 unspecified atom stereocenters. The van der Waals surface area contributed by atoms with Crippen molar-refractivity contribution >= 4 is 33.0 Å². The van der Waals surface area contributed by atoms with E-state index in [9.17, 15) is 13.2 Å². The average molecular weight is 317 g/mol. The normalized spacial score (nSPS) is 20.6. The van der Waals surface area contributed by atoms with Gasteiger partial charge in [-0.15, -0.1) is 0 Å². The number of amides is 1. The van der Waals surface area contributed by atoms with Crippen molar-refractivity contribution in [3.8, 4) is 0 Å². The second-order valence-corrected chi connectivity index (χ2v) is 7.53. The number of carbonyl (C=O) groups excluding carboxylic acids is 1. The smallest absolute Gasteiger partial charge is 0.241 e. The van der Waals surface area contributed by atoms with Crippen molar-refractivity contribution < 1.29 is 13.2 Å². The summed E-state index contributed by atoms with van der Waals surface area (Å²) in [4.78, 5) is 13.6. The van der Waals surface area contributed by atoms with Crippen molar-refractivity contribution in [1.29, 1.82) is 0 Å². The van der Waals surface area contributed by atoms with E-state index in [-0.39, 0.29) is 30.0 Å². The quantitative estimate of drug-likeness (QED) is 0.912. The first-order valence-electron chi connectivity index (χ1n) is 6.33. The van der Waals surface area contributed by atoms with Gasteiger partial charge in [0.1, 0.15) is 0 Å². The van der Waals surface area contributed by atoms with E-state index < -0.39 is 9.84 Å². The van der Waals surface area contributed by atoms with Crippen LogP contribution in [0.3, 0.4) is 0 Å². The van der Waals surface area contributed by atoms with E-state index in [2.05, 4.69) is 5.32 Å². The molecule has 0 spiro atoms. The zero-order valence-electron chi connectivity index (χ0n) is 11.2. The molecule has 110 valence electrons. The molecule has 0 aromatic heterocycles. The molecular formula is C13H17ClN2O3S. The van der Waals surface area contributed by atoms with E-state index in [1.165, 1.54) is 4.90 Å². The molecule has 0 saturated carbocycles. The van der Waals surface area contributed by atoms with Crippen LogP contribution >= 0.6 is 11.6 Å². The minimum atomic E-state index is -2.98. The van der Waals surface area contributed by atoms with Crippen molar-refractivity contribution in [2.24, 2.45) is 0 Å². The molecule has 1 heterocycles. The number of halogens is 1. The monoisotopic (exact) mass is 316 g/mol. The minimum absolute atomic E-state index is 0.0569. The Hall–Kier alpha value is -1.27. The number of carbonyl (C=O) groups is 1. The summed E-state index contributed by atoms with van der Waals surface area (Å²) >= 11 is 5.99. The Balaban J connectivity index is 1.91. The van der Waals surface area contributed by atoms with Crippen LogP contribution in [0.1, 0.15) is 6.42 Å². The summed E-state index contributed by atoms with van der Waals surface area (Å²) in [7, 11) is -1.34. The fourth-order valence-corrected chi connectivity index (χ4v) is 4.16. The van der Waals surface area contributed by atoms with E-state index in [4.69, 9.17) is 11.6 Å². The van der Waals surface area contributed by atoms with Crippen molar-refractivity contribution in [1.82, 2.24) is 4.90 Å². The number of likely N-dealkylation sites (N-methyl/N-ethyl adjacent to an activating group) is 1. The highest BCUT2D eigenvalue weighted by Crippen LogP contribution is 2.20. The van der Waals surface area contributed by atoms with Gasteiger partial charge in [0, 0.05) is 13.1 Å². The van der Waals surface area contributed by atoms with Gasteiger partial charge in [-0.1, -0.05) is 23.7 Å². The van der Waals surface area contributed by atoms with Crippen LogP contribution in [0.4, 0.5) is 5.69 Å². The Kier molecular flexibility index (Phi) is 4.55. The van der Waals surface area contributed by atoms with Crippen LogP contribution in [0, 0.1) is 0 Å². The van der Waals surface area contributed by atoms with E-state index in [0.29, 0.717) is 17.1 Å². The number of sulfone groups is 1. The Morgan fingerprint density at radius 3 is 2.75 bits per heavy atom. The molecule has 0 aliphatic carbocycles. The van der Waals surface area contributed by atoms with Gasteiger partial charge < -0.3 is 10.2 Å². The summed E-state index contributed by atoms with van der Waals surface area (Å²) < 4.78 is 22.8. The first-order chi connectivity index (χ1) is 9.39. The maximum Gasteiger partial charge on any atom is 0.241 e. The summed E-state index contributed by atoms with van der Waals surface area (Å²) in [5, 5.41) is 3.51. The second kappa shape index (κ2) is 6.01. The van der Waals surface area contributed by atoms with Crippen molar-refractivity contribution in [3.63, 3.8) is 0 Å². The highest BCUT2D eigenvalue weighted by Gasteiger charge is 2.32. The third-order valence-corrected chi connectivity index (χ3v) is 5.53. The molecule has 1 N–H and O–H groups in total. The molecule has 5 nitrogen and oxygen atoms in total. The van der Waals surface area contributed by atoms with Gasteiger partial charge in [0.25, 0.3) is 0 Å². The van der Waals surface area contributed by atoms with Crippen molar-refractivity contribution in [2.45, 2.75) is 12.5 Å². The number of nitrogens with one attached hydrogen (secondary N) is 1. The average Bonchev–Trinajstić information content (AvgIpc) is 2.77. The Morgan fingerprint density at radius 1 is 1.45 bits per heavy atom. The number of nitrogens with zero attached hydrogens (tertiary/aromatic N) is 1. The number of hydrogen-bond acceptors (Lipinski definition) is 4. The summed E-state index contributed by atoms with van der Waals surface area (Å²) in [6, 6.07) is 6.94. The molecule has 1 fully saturated rings. The molecule has 0 bridgehead atoms. The third kappa shape index (κ3) is 3.64.